The van der Waals surface area contributed by atoms with Crippen LogP contribution in [-0.2, 0) is 4.74 Å². The van der Waals surface area contributed by atoms with E-state index in [1.807, 2.05) is 0 Å². The number of ether oxygens (including phenoxy) is 1. The standard InChI is InChI=1S/C13H27N3O/c1-3-4-9-15-12(14)16-11-13(6-5-7-13)8-10-17-2/h3-11H2,1-2H3,(H3,14,15,16). The highest BCUT2D eigenvalue weighted by atomic mass is 16.5. The molecule has 1 rings (SSSR count). The smallest absolute Gasteiger partial charge is 0.188 e. The summed E-state index contributed by atoms with van der Waals surface area (Å²) in [5.41, 5.74) is 6.20. The van der Waals surface area contributed by atoms with Gasteiger partial charge in [-0.05, 0) is 31.1 Å². The van der Waals surface area contributed by atoms with Gasteiger partial charge >= 0.3 is 0 Å². The number of nitrogens with zero attached hydrogens (tertiary/aromatic N) is 1. The minimum absolute atomic E-state index is 0.368. The summed E-state index contributed by atoms with van der Waals surface area (Å²) >= 11 is 0. The largest absolute Gasteiger partial charge is 0.385 e. The number of aliphatic imine (C=N–C) groups is 1. The number of guanidine groups is 1. The summed E-state index contributed by atoms with van der Waals surface area (Å²) in [7, 11) is 1.76. The van der Waals surface area contributed by atoms with Crippen molar-refractivity contribution in [3.8, 4) is 0 Å². The predicted octanol–water partition coefficient (Wildman–Crippen LogP) is 1.90. The van der Waals surface area contributed by atoms with Crippen molar-refractivity contribution in [3.63, 3.8) is 0 Å². The number of methoxy groups -OCH3 is 1. The minimum atomic E-state index is 0.368. The maximum atomic E-state index is 5.84. The molecule has 1 aliphatic rings. The van der Waals surface area contributed by atoms with Crippen LogP contribution >= 0.6 is 0 Å². The lowest BCUT2D eigenvalue weighted by Gasteiger charge is -2.40. The second-order valence-corrected chi connectivity index (χ2v) is 5.08. The van der Waals surface area contributed by atoms with Crippen molar-refractivity contribution in [3.05, 3.63) is 0 Å². The van der Waals surface area contributed by atoms with E-state index in [1.165, 1.54) is 25.7 Å². The van der Waals surface area contributed by atoms with Crippen LogP contribution in [0, 0.1) is 5.41 Å². The molecule has 0 radical (unpaired) electrons. The summed E-state index contributed by atoms with van der Waals surface area (Å²) in [6, 6.07) is 0. The zero-order valence-corrected chi connectivity index (χ0v) is 11.3. The van der Waals surface area contributed by atoms with Gasteiger partial charge in [-0.1, -0.05) is 19.8 Å². The van der Waals surface area contributed by atoms with E-state index in [-0.39, 0.29) is 0 Å². The molecule has 0 aromatic carbocycles. The third kappa shape index (κ3) is 4.94. The molecule has 0 bridgehead atoms. The van der Waals surface area contributed by atoms with Gasteiger partial charge in [-0.25, -0.2) is 0 Å². The van der Waals surface area contributed by atoms with Crippen LogP contribution in [0.2, 0.25) is 0 Å². The third-order valence-electron chi connectivity index (χ3n) is 3.67. The zero-order valence-electron chi connectivity index (χ0n) is 11.3. The first-order valence-electron chi connectivity index (χ1n) is 6.75. The minimum Gasteiger partial charge on any atom is -0.385 e. The molecule has 4 nitrogen and oxygen atoms in total. The van der Waals surface area contributed by atoms with E-state index in [2.05, 4.69) is 17.2 Å². The molecular formula is C13H27N3O. The van der Waals surface area contributed by atoms with Gasteiger partial charge in [-0.3, -0.25) is 4.99 Å². The van der Waals surface area contributed by atoms with Crippen LogP contribution in [0.3, 0.4) is 0 Å². The highest BCUT2D eigenvalue weighted by Crippen LogP contribution is 2.44. The van der Waals surface area contributed by atoms with E-state index < -0.39 is 0 Å². The van der Waals surface area contributed by atoms with Crippen molar-refractivity contribution in [2.45, 2.75) is 45.4 Å². The van der Waals surface area contributed by atoms with Crippen LogP contribution in [0.15, 0.2) is 4.99 Å². The number of hydrogen-bond acceptors (Lipinski definition) is 2. The molecule has 17 heavy (non-hydrogen) atoms. The molecule has 1 aliphatic carbocycles. The van der Waals surface area contributed by atoms with Crippen molar-refractivity contribution in [1.82, 2.24) is 5.32 Å². The molecule has 0 saturated heterocycles. The van der Waals surface area contributed by atoms with E-state index in [0.29, 0.717) is 11.4 Å². The van der Waals surface area contributed by atoms with Crippen molar-refractivity contribution < 1.29 is 4.74 Å². The normalized spacial score (nSPS) is 18.8. The monoisotopic (exact) mass is 241 g/mol. The first kappa shape index (κ1) is 14.3. The van der Waals surface area contributed by atoms with E-state index in [0.717, 1.165) is 32.5 Å². The predicted molar refractivity (Wildman–Crippen MR) is 72.2 cm³/mol. The number of hydrogen-bond donors (Lipinski definition) is 2. The zero-order chi connectivity index (χ0) is 12.6. The molecule has 1 saturated carbocycles. The fourth-order valence-corrected chi connectivity index (χ4v) is 2.18. The first-order valence-corrected chi connectivity index (χ1v) is 6.75. The van der Waals surface area contributed by atoms with E-state index in [4.69, 9.17) is 10.5 Å². The van der Waals surface area contributed by atoms with Crippen LogP contribution in [-0.4, -0.2) is 32.8 Å². The lowest BCUT2D eigenvalue weighted by molar-refractivity contribution is 0.0779. The molecule has 0 atom stereocenters. The maximum absolute atomic E-state index is 5.84. The molecule has 0 heterocycles. The van der Waals surface area contributed by atoms with Gasteiger partial charge in [-0.15, -0.1) is 0 Å². The van der Waals surface area contributed by atoms with Gasteiger partial charge in [0.2, 0.25) is 0 Å². The average Bonchev–Trinajstić information content (AvgIpc) is 2.28. The van der Waals surface area contributed by atoms with Crippen molar-refractivity contribution >= 4 is 5.96 Å². The second kappa shape index (κ2) is 7.54. The van der Waals surface area contributed by atoms with Gasteiger partial charge in [0.25, 0.3) is 0 Å². The summed E-state index contributed by atoms with van der Waals surface area (Å²) < 4.78 is 5.16. The molecule has 0 spiro atoms. The molecule has 0 aromatic rings. The average molecular weight is 241 g/mol. The van der Waals surface area contributed by atoms with Crippen LogP contribution in [0.25, 0.3) is 0 Å². The summed E-state index contributed by atoms with van der Waals surface area (Å²) in [4.78, 5) is 4.47. The highest BCUT2D eigenvalue weighted by molar-refractivity contribution is 5.77. The summed E-state index contributed by atoms with van der Waals surface area (Å²) in [5.74, 6) is 0.599. The third-order valence-corrected chi connectivity index (χ3v) is 3.67. The molecule has 100 valence electrons. The number of unbranched alkanes of at least 4 members (excludes halogenated alkanes) is 1. The Hall–Kier alpha value is -0.770. The Morgan fingerprint density at radius 3 is 2.76 bits per heavy atom. The molecule has 0 aliphatic heterocycles. The summed E-state index contributed by atoms with van der Waals surface area (Å²) in [5, 5.41) is 3.16. The maximum Gasteiger partial charge on any atom is 0.188 e. The summed E-state index contributed by atoms with van der Waals surface area (Å²) in [6.45, 7) is 4.78. The Kier molecular flexibility index (Phi) is 6.34. The van der Waals surface area contributed by atoms with E-state index in [9.17, 15) is 0 Å². The van der Waals surface area contributed by atoms with Crippen LogP contribution in [0.5, 0.6) is 0 Å². The molecular weight excluding hydrogens is 214 g/mol. The SMILES string of the molecule is CCCCNC(N)=NCC1(CCOC)CCC1. The molecule has 0 amide bonds. The lowest BCUT2D eigenvalue weighted by atomic mass is 9.67. The van der Waals surface area contributed by atoms with Crippen LogP contribution < -0.4 is 11.1 Å². The highest BCUT2D eigenvalue weighted by Gasteiger charge is 2.36. The topological polar surface area (TPSA) is 59.6 Å². The Balaban J connectivity index is 2.27. The lowest BCUT2D eigenvalue weighted by Crippen LogP contribution is -2.37. The molecule has 1 fully saturated rings. The van der Waals surface area contributed by atoms with Crippen molar-refractivity contribution in [2.75, 3.05) is 26.8 Å². The Morgan fingerprint density at radius 1 is 1.47 bits per heavy atom. The van der Waals surface area contributed by atoms with E-state index >= 15 is 0 Å². The van der Waals surface area contributed by atoms with Gasteiger partial charge < -0.3 is 15.8 Å². The quantitative estimate of drug-likeness (QED) is 0.387. The number of rotatable bonds is 8. The Bertz CT molecular complexity index is 237. The molecule has 0 unspecified atom stereocenters. The Morgan fingerprint density at radius 2 is 2.24 bits per heavy atom. The fraction of sp³-hybridized carbons (Fsp3) is 0.923. The molecule has 3 N–H and O–H groups in total. The van der Waals surface area contributed by atoms with Gasteiger partial charge in [0.1, 0.15) is 0 Å². The molecule has 0 aromatic heterocycles. The van der Waals surface area contributed by atoms with Gasteiger partial charge in [0, 0.05) is 26.8 Å². The second-order valence-electron chi connectivity index (χ2n) is 5.08. The van der Waals surface area contributed by atoms with Crippen LogP contribution in [0.4, 0.5) is 0 Å². The fourth-order valence-electron chi connectivity index (χ4n) is 2.18. The van der Waals surface area contributed by atoms with Crippen LogP contribution in [0.1, 0.15) is 45.4 Å². The van der Waals surface area contributed by atoms with Gasteiger partial charge in [0.05, 0.1) is 0 Å². The van der Waals surface area contributed by atoms with E-state index in [1.54, 1.807) is 7.11 Å². The number of nitrogens with two attached hydrogens (primary N) is 1. The Labute approximate surface area is 105 Å². The van der Waals surface area contributed by atoms with Crippen molar-refractivity contribution in [1.29, 1.82) is 0 Å². The first-order chi connectivity index (χ1) is 8.22. The van der Waals surface area contributed by atoms with Gasteiger partial charge in [0.15, 0.2) is 5.96 Å². The van der Waals surface area contributed by atoms with Gasteiger partial charge in [-0.2, -0.15) is 0 Å². The van der Waals surface area contributed by atoms with Crippen molar-refractivity contribution in [2.24, 2.45) is 16.1 Å². The molecule has 4 heteroatoms. The summed E-state index contributed by atoms with van der Waals surface area (Å²) in [6.07, 6.45) is 7.28. The number of nitrogens with one attached hydrogen (secondary N) is 1.